The van der Waals surface area contributed by atoms with Gasteiger partial charge in [-0.2, -0.15) is 0 Å². The topological polar surface area (TPSA) is 61.1 Å². The summed E-state index contributed by atoms with van der Waals surface area (Å²) >= 11 is 2.22. The zero-order valence-corrected chi connectivity index (χ0v) is 14.1. The number of aromatic nitrogens is 2. The van der Waals surface area contributed by atoms with Crippen molar-refractivity contribution in [2.45, 2.75) is 13.0 Å². The molecule has 0 spiro atoms. The SMILES string of the molecule is O=C(CCn1c(=O)sc2ccccc21)n1c(=O)sc2ccccc21. The van der Waals surface area contributed by atoms with Crippen molar-refractivity contribution in [2.24, 2.45) is 0 Å². The minimum atomic E-state index is -0.292. The second-order valence-electron chi connectivity index (χ2n) is 5.30. The molecule has 5 nitrogen and oxygen atoms in total. The van der Waals surface area contributed by atoms with E-state index in [0.717, 1.165) is 37.6 Å². The molecule has 0 saturated heterocycles. The molecule has 0 unspecified atom stereocenters. The van der Waals surface area contributed by atoms with Gasteiger partial charge in [0.1, 0.15) is 0 Å². The molecule has 2 heterocycles. The Morgan fingerprint density at radius 3 is 2.17 bits per heavy atom. The average Bonchev–Trinajstić information content (AvgIpc) is 3.08. The van der Waals surface area contributed by atoms with E-state index in [9.17, 15) is 14.4 Å². The molecule has 0 aliphatic heterocycles. The number of benzene rings is 2. The Balaban J connectivity index is 1.67. The van der Waals surface area contributed by atoms with Crippen LogP contribution in [-0.2, 0) is 6.54 Å². The maximum Gasteiger partial charge on any atom is 0.314 e. The molecule has 7 heteroatoms. The summed E-state index contributed by atoms with van der Waals surface area (Å²) < 4.78 is 4.49. The number of thiazole rings is 2. The molecule has 0 N–H and O–H groups in total. The summed E-state index contributed by atoms with van der Waals surface area (Å²) in [5.74, 6) is -0.292. The van der Waals surface area contributed by atoms with Crippen LogP contribution < -0.4 is 9.75 Å². The standard InChI is InChI=1S/C17H12N2O3S2/c20-15(19-12-6-2-4-8-14(12)24-17(19)22)9-10-18-11-5-1-3-7-13(11)23-16(18)21/h1-8H,9-10H2. The van der Waals surface area contributed by atoms with Gasteiger partial charge < -0.3 is 0 Å². The quantitative estimate of drug-likeness (QED) is 0.566. The molecule has 4 rings (SSSR count). The molecule has 120 valence electrons. The first-order valence-corrected chi connectivity index (χ1v) is 9.00. The maximum absolute atomic E-state index is 12.5. The van der Waals surface area contributed by atoms with E-state index < -0.39 is 0 Å². The Kier molecular flexibility index (Phi) is 3.66. The summed E-state index contributed by atoms with van der Waals surface area (Å²) in [4.78, 5) is 36.4. The molecule has 2 aromatic heterocycles. The normalized spacial score (nSPS) is 11.3. The summed E-state index contributed by atoms with van der Waals surface area (Å²) in [5.41, 5.74) is 1.45. The molecule has 4 aromatic rings. The van der Waals surface area contributed by atoms with Gasteiger partial charge in [0.15, 0.2) is 0 Å². The lowest BCUT2D eigenvalue weighted by Crippen LogP contribution is -2.24. The molecular weight excluding hydrogens is 344 g/mol. The fourth-order valence-corrected chi connectivity index (χ4v) is 4.55. The predicted molar refractivity (Wildman–Crippen MR) is 97.4 cm³/mol. The predicted octanol–water partition coefficient (Wildman–Crippen LogP) is 3.17. The summed E-state index contributed by atoms with van der Waals surface area (Å²) in [7, 11) is 0. The van der Waals surface area contributed by atoms with Crippen molar-refractivity contribution in [3.05, 3.63) is 67.9 Å². The van der Waals surface area contributed by atoms with Gasteiger partial charge in [0.2, 0.25) is 5.91 Å². The summed E-state index contributed by atoms with van der Waals surface area (Å²) in [6, 6.07) is 14.7. The van der Waals surface area contributed by atoms with Gasteiger partial charge >= 0.3 is 9.75 Å². The number of para-hydroxylation sites is 2. The highest BCUT2D eigenvalue weighted by molar-refractivity contribution is 7.16. The third kappa shape index (κ3) is 2.42. The minimum Gasteiger partial charge on any atom is -0.298 e. The molecule has 2 aromatic carbocycles. The Hall–Kier alpha value is -2.51. The largest absolute Gasteiger partial charge is 0.314 e. The number of hydrogen-bond acceptors (Lipinski definition) is 5. The van der Waals surface area contributed by atoms with Crippen molar-refractivity contribution in [1.29, 1.82) is 0 Å². The summed E-state index contributed by atoms with van der Waals surface area (Å²) in [6.45, 7) is 0.262. The molecule has 0 bridgehead atoms. The highest BCUT2D eigenvalue weighted by atomic mass is 32.1. The van der Waals surface area contributed by atoms with Crippen LogP contribution in [0, 0.1) is 0 Å². The number of carbonyl (C=O) groups excluding carboxylic acids is 1. The molecule has 0 amide bonds. The first kappa shape index (κ1) is 15.0. The van der Waals surface area contributed by atoms with Crippen LogP contribution in [0.3, 0.4) is 0 Å². The Bertz CT molecular complexity index is 1180. The number of fused-ring (bicyclic) bond motifs is 2. The van der Waals surface area contributed by atoms with Crippen LogP contribution in [0.5, 0.6) is 0 Å². The van der Waals surface area contributed by atoms with E-state index in [-0.39, 0.29) is 28.6 Å². The number of carbonyl (C=O) groups is 1. The second kappa shape index (κ2) is 5.85. The van der Waals surface area contributed by atoms with E-state index in [4.69, 9.17) is 0 Å². The smallest absolute Gasteiger partial charge is 0.298 e. The van der Waals surface area contributed by atoms with E-state index in [1.54, 1.807) is 16.7 Å². The van der Waals surface area contributed by atoms with Crippen molar-refractivity contribution in [3.63, 3.8) is 0 Å². The molecule has 0 saturated carbocycles. The third-order valence-electron chi connectivity index (χ3n) is 3.86. The number of rotatable bonds is 3. The zero-order valence-electron chi connectivity index (χ0n) is 12.5. The van der Waals surface area contributed by atoms with E-state index in [1.165, 1.54) is 4.57 Å². The summed E-state index contributed by atoms with van der Waals surface area (Å²) in [6.07, 6.45) is 0.0985. The molecule has 0 aliphatic carbocycles. The molecular formula is C17H12N2O3S2. The molecule has 0 fully saturated rings. The highest BCUT2D eigenvalue weighted by Crippen LogP contribution is 2.18. The fraction of sp³-hybridized carbons (Fsp3) is 0.118. The van der Waals surface area contributed by atoms with Gasteiger partial charge in [-0.15, -0.1) is 0 Å². The van der Waals surface area contributed by atoms with Gasteiger partial charge in [-0.25, -0.2) is 4.57 Å². The first-order valence-electron chi connectivity index (χ1n) is 7.37. The molecule has 0 atom stereocenters. The lowest BCUT2D eigenvalue weighted by Gasteiger charge is -2.04. The van der Waals surface area contributed by atoms with Crippen molar-refractivity contribution in [1.82, 2.24) is 9.13 Å². The van der Waals surface area contributed by atoms with Crippen LogP contribution in [0.25, 0.3) is 20.4 Å². The molecule has 0 radical (unpaired) electrons. The number of nitrogens with zero attached hydrogens (tertiary/aromatic N) is 2. The van der Waals surface area contributed by atoms with Crippen molar-refractivity contribution < 1.29 is 4.79 Å². The van der Waals surface area contributed by atoms with Gasteiger partial charge in [-0.1, -0.05) is 46.9 Å². The van der Waals surface area contributed by atoms with Crippen molar-refractivity contribution in [3.8, 4) is 0 Å². The van der Waals surface area contributed by atoms with Crippen LogP contribution in [0.2, 0.25) is 0 Å². The van der Waals surface area contributed by atoms with Crippen LogP contribution in [0.1, 0.15) is 11.2 Å². The van der Waals surface area contributed by atoms with Crippen molar-refractivity contribution in [2.75, 3.05) is 0 Å². The summed E-state index contributed by atoms with van der Waals surface area (Å²) in [5, 5.41) is 0. The van der Waals surface area contributed by atoms with Gasteiger partial charge in [0.05, 0.1) is 20.4 Å². The molecule has 24 heavy (non-hydrogen) atoms. The number of hydrogen-bond donors (Lipinski definition) is 0. The first-order chi connectivity index (χ1) is 11.6. The van der Waals surface area contributed by atoms with Crippen LogP contribution in [0.15, 0.2) is 58.1 Å². The minimum absolute atomic E-state index is 0.0912. The fourth-order valence-electron chi connectivity index (χ4n) is 2.75. The molecule has 0 aliphatic rings. The Labute approximate surface area is 144 Å². The van der Waals surface area contributed by atoms with Gasteiger partial charge in [0, 0.05) is 13.0 Å². The maximum atomic E-state index is 12.5. The Morgan fingerprint density at radius 1 is 0.833 bits per heavy atom. The van der Waals surface area contributed by atoms with E-state index >= 15 is 0 Å². The Morgan fingerprint density at radius 2 is 1.42 bits per heavy atom. The lowest BCUT2D eigenvalue weighted by molar-refractivity contribution is 0.0900. The van der Waals surface area contributed by atoms with E-state index in [2.05, 4.69) is 0 Å². The zero-order chi connectivity index (χ0) is 16.7. The third-order valence-corrected chi connectivity index (χ3v) is 5.74. The monoisotopic (exact) mass is 356 g/mol. The lowest BCUT2D eigenvalue weighted by atomic mass is 10.3. The van der Waals surface area contributed by atoms with Crippen LogP contribution in [-0.4, -0.2) is 15.0 Å². The highest BCUT2D eigenvalue weighted by Gasteiger charge is 2.15. The van der Waals surface area contributed by atoms with E-state index in [1.807, 2.05) is 36.4 Å². The van der Waals surface area contributed by atoms with Crippen LogP contribution >= 0.6 is 22.7 Å². The van der Waals surface area contributed by atoms with Crippen LogP contribution in [0.4, 0.5) is 0 Å². The van der Waals surface area contributed by atoms with Gasteiger partial charge in [-0.3, -0.25) is 19.0 Å². The van der Waals surface area contributed by atoms with Gasteiger partial charge in [0.25, 0.3) is 0 Å². The average molecular weight is 356 g/mol. The second-order valence-corrected chi connectivity index (χ2v) is 7.29. The number of aryl methyl sites for hydroxylation is 1. The van der Waals surface area contributed by atoms with Gasteiger partial charge in [-0.05, 0) is 24.3 Å². The van der Waals surface area contributed by atoms with E-state index in [0.29, 0.717) is 5.52 Å². The van der Waals surface area contributed by atoms with Crippen molar-refractivity contribution >= 4 is 49.0 Å².